The molecule has 0 bridgehead atoms. The number of rotatable bonds is 3. The summed E-state index contributed by atoms with van der Waals surface area (Å²) >= 11 is 0. The molecule has 0 aliphatic carbocycles. The molecule has 0 spiro atoms. The number of nitrogens with zero attached hydrogens (tertiary/aromatic N) is 1. The minimum Gasteiger partial charge on any atom is -0.327 e. The number of hydrogen-bond donors (Lipinski definition) is 1. The van der Waals surface area contributed by atoms with Crippen molar-refractivity contribution in [2.45, 2.75) is 52.6 Å². The molecule has 1 aliphatic heterocycles. The van der Waals surface area contributed by atoms with Crippen LogP contribution in [0.15, 0.2) is 0 Å². The molecule has 0 aromatic carbocycles. The average Bonchev–Trinajstić information content (AvgIpc) is 2.08. The maximum absolute atomic E-state index is 6.02. The zero-order valence-corrected chi connectivity index (χ0v) is 10.2. The maximum Gasteiger partial charge on any atom is 0.00889 e. The highest BCUT2D eigenvalue weighted by atomic mass is 15.2. The van der Waals surface area contributed by atoms with Crippen LogP contribution in [0.3, 0.4) is 0 Å². The lowest BCUT2D eigenvalue weighted by Crippen LogP contribution is -2.49. The van der Waals surface area contributed by atoms with E-state index in [-0.39, 0.29) is 0 Å². The number of likely N-dealkylation sites (tertiary alicyclic amines) is 1. The van der Waals surface area contributed by atoms with Crippen LogP contribution in [-0.4, -0.2) is 30.1 Å². The molecule has 1 aliphatic rings. The number of nitrogens with two attached hydrogens (primary N) is 1. The first-order valence-electron chi connectivity index (χ1n) is 6.00. The molecule has 0 saturated carbocycles. The molecule has 1 saturated heterocycles. The summed E-state index contributed by atoms with van der Waals surface area (Å²) in [6.07, 6.45) is 2.48. The van der Waals surface area contributed by atoms with Crippen molar-refractivity contribution >= 4 is 0 Å². The molecule has 0 amide bonds. The number of hydrogen-bond acceptors (Lipinski definition) is 2. The van der Waals surface area contributed by atoms with Gasteiger partial charge < -0.3 is 10.6 Å². The van der Waals surface area contributed by atoms with E-state index in [1.807, 2.05) is 0 Å². The molecule has 14 heavy (non-hydrogen) atoms. The summed E-state index contributed by atoms with van der Waals surface area (Å²) in [5.41, 5.74) is 6.02. The van der Waals surface area contributed by atoms with Crippen LogP contribution in [-0.2, 0) is 0 Å². The molecular formula is C12H26N2. The van der Waals surface area contributed by atoms with Gasteiger partial charge in [-0.15, -0.1) is 0 Å². The molecule has 1 fully saturated rings. The lowest BCUT2D eigenvalue weighted by molar-refractivity contribution is 0.112. The second kappa shape index (κ2) is 5.13. The lowest BCUT2D eigenvalue weighted by atomic mass is 9.92. The maximum atomic E-state index is 6.02. The minimum absolute atomic E-state index is 0.428. The quantitative estimate of drug-likeness (QED) is 0.752. The second-order valence-electron chi connectivity index (χ2n) is 5.40. The predicted octanol–water partition coefficient (Wildman–Crippen LogP) is 2.09. The predicted molar refractivity (Wildman–Crippen MR) is 62.2 cm³/mol. The number of piperidine rings is 1. The first-order chi connectivity index (χ1) is 6.50. The summed E-state index contributed by atoms with van der Waals surface area (Å²) in [7, 11) is 0. The Balaban J connectivity index is 2.38. The van der Waals surface area contributed by atoms with Crippen LogP contribution in [0.4, 0.5) is 0 Å². The third-order valence-electron chi connectivity index (χ3n) is 3.44. The lowest BCUT2D eigenvalue weighted by Gasteiger charge is -2.39. The van der Waals surface area contributed by atoms with Gasteiger partial charge in [-0.25, -0.2) is 0 Å². The first-order valence-corrected chi connectivity index (χ1v) is 6.00. The highest BCUT2D eigenvalue weighted by molar-refractivity contribution is 4.82. The molecule has 84 valence electrons. The Kier molecular flexibility index (Phi) is 4.39. The Morgan fingerprint density at radius 2 is 2.00 bits per heavy atom. The fourth-order valence-corrected chi connectivity index (χ4v) is 2.43. The Bertz CT molecular complexity index is 168. The Morgan fingerprint density at radius 1 is 1.36 bits per heavy atom. The Labute approximate surface area is 88.8 Å². The van der Waals surface area contributed by atoms with E-state index < -0.39 is 0 Å². The van der Waals surface area contributed by atoms with Crippen molar-refractivity contribution < 1.29 is 0 Å². The van der Waals surface area contributed by atoms with Gasteiger partial charge >= 0.3 is 0 Å². The Morgan fingerprint density at radius 3 is 2.50 bits per heavy atom. The standard InChI is InChI=1S/C12H26N2/c1-9(2)7-11(4)14-6-5-12(13)10(3)8-14/h9-12H,5-8,13H2,1-4H3. The van der Waals surface area contributed by atoms with Crippen molar-refractivity contribution in [2.75, 3.05) is 13.1 Å². The first kappa shape index (κ1) is 12.0. The molecule has 2 heteroatoms. The van der Waals surface area contributed by atoms with E-state index in [9.17, 15) is 0 Å². The van der Waals surface area contributed by atoms with E-state index in [1.54, 1.807) is 0 Å². The van der Waals surface area contributed by atoms with Gasteiger partial charge in [0.2, 0.25) is 0 Å². The third-order valence-corrected chi connectivity index (χ3v) is 3.44. The molecule has 2 nitrogen and oxygen atoms in total. The highest BCUT2D eigenvalue weighted by Crippen LogP contribution is 2.20. The molecular weight excluding hydrogens is 172 g/mol. The second-order valence-corrected chi connectivity index (χ2v) is 5.40. The van der Waals surface area contributed by atoms with Crippen molar-refractivity contribution in [3.05, 3.63) is 0 Å². The monoisotopic (exact) mass is 198 g/mol. The fraction of sp³-hybridized carbons (Fsp3) is 1.00. The fourth-order valence-electron chi connectivity index (χ4n) is 2.43. The van der Waals surface area contributed by atoms with E-state index in [4.69, 9.17) is 5.73 Å². The third kappa shape index (κ3) is 3.25. The van der Waals surface area contributed by atoms with Crippen LogP contribution < -0.4 is 5.73 Å². The molecule has 1 heterocycles. The van der Waals surface area contributed by atoms with Gasteiger partial charge in [0.25, 0.3) is 0 Å². The largest absolute Gasteiger partial charge is 0.327 e. The summed E-state index contributed by atoms with van der Waals surface area (Å²) in [6, 6.07) is 1.16. The van der Waals surface area contributed by atoms with E-state index in [0.717, 1.165) is 12.0 Å². The van der Waals surface area contributed by atoms with Crippen LogP contribution >= 0.6 is 0 Å². The van der Waals surface area contributed by atoms with Crippen molar-refractivity contribution in [2.24, 2.45) is 17.6 Å². The minimum atomic E-state index is 0.428. The van der Waals surface area contributed by atoms with Gasteiger partial charge in [-0.2, -0.15) is 0 Å². The summed E-state index contributed by atoms with van der Waals surface area (Å²) in [4.78, 5) is 2.61. The summed E-state index contributed by atoms with van der Waals surface area (Å²) in [5, 5.41) is 0. The molecule has 0 radical (unpaired) electrons. The topological polar surface area (TPSA) is 29.3 Å². The summed E-state index contributed by atoms with van der Waals surface area (Å²) in [6.45, 7) is 11.6. The van der Waals surface area contributed by atoms with E-state index in [0.29, 0.717) is 12.0 Å². The highest BCUT2D eigenvalue weighted by Gasteiger charge is 2.26. The van der Waals surface area contributed by atoms with Gasteiger partial charge in [-0.05, 0) is 38.1 Å². The van der Waals surface area contributed by atoms with Gasteiger partial charge in [0.15, 0.2) is 0 Å². The smallest absolute Gasteiger partial charge is 0.00889 e. The molecule has 2 N–H and O–H groups in total. The molecule has 3 atom stereocenters. The normalized spacial score (nSPS) is 32.1. The Hall–Kier alpha value is -0.0800. The average molecular weight is 198 g/mol. The SMILES string of the molecule is CC(C)CC(C)N1CCC(N)C(C)C1. The van der Waals surface area contributed by atoms with Gasteiger partial charge in [0, 0.05) is 18.6 Å². The van der Waals surface area contributed by atoms with Crippen molar-refractivity contribution in [3.63, 3.8) is 0 Å². The molecule has 0 aromatic heterocycles. The molecule has 0 aromatic rings. The van der Waals surface area contributed by atoms with Crippen LogP contribution in [0.5, 0.6) is 0 Å². The summed E-state index contributed by atoms with van der Waals surface area (Å²) < 4.78 is 0. The van der Waals surface area contributed by atoms with Crippen molar-refractivity contribution in [1.29, 1.82) is 0 Å². The zero-order chi connectivity index (χ0) is 10.7. The van der Waals surface area contributed by atoms with Crippen molar-refractivity contribution in [1.82, 2.24) is 4.90 Å². The van der Waals surface area contributed by atoms with E-state index in [2.05, 4.69) is 32.6 Å². The zero-order valence-electron chi connectivity index (χ0n) is 10.2. The van der Waals surface area contributed by atoms with Crippen LogP contribution in [0, 0.1) is 11.8 Å². The van der Waals surface area contributed by atoms with Gasteiger partial charge in [-0.3, -0.25) is 0 Å². The van der Waals surface area contributed by atoms with Crippen LogP contribution in [0.2, 0.25) is 0 Å². The molecule has 1 rings (SSSR count). The van der Waals surface area contributed by atoms with Gasteiger partial charge in [0.05, 0.1) is 0 Å². The van der Waals surface area contributed by atoms with Crippen LogP contribution in [0.25, 0.3) is 0 Å². The van der Waals surface area contributed by atoms with E-state index >= 15 is 0 Å². The van der Waals surface area contributed by atoms with Gasteiger partial charge in [0.1, 0.15) is 0 Å². The summed E-state index contributed by atoms with van der Waals surface area (Å²) in [5.74, 6) is 1.47. The van der Waals surface area contributed by atoms with Crippen LogP contribution in [0.1, 0.15) is 40.5 Å². The van der Waals surface area contributed by atoms with Gasteiger partial charge in [-0.1, -0.05) is 20.8 Å². The van der Waals surface area contributed by atoms with Crippen molar-refractivity contribution in [3.8, 4) is 0 Å². The molecule has 3 unspecified atom stereocenters. The van der Waals surface area contributed by atoms with E-state index in [1.165, 1.54) is 25.9 Å².